The van der Waals surface area contributed by atoms with Crippen molar-refractivity contribution in [1.82, 2.24) is 4.98 Å². The Morgan fingerprint density at radius 1 is 1.10 bits per heavy atom. The molecule has 0 saturated carbocycles. The minimum Gasteiger partial charge on any atom is -0.493 e. The van der Waals surface area contributed by atoms with Crippen LogP contribution in [0, 0.1) is 5.92 Å². The highest BCUT2D eigenvalue weighted by Crippen LogP contribution is 2.31. The van der Waals surface area contributed by atoms with Gasteiger partial charge in [0.25, 0.3) is 5.56 Å². The van der Waals surface area contributed by atoms with E-state index in [-0.39, 0.29) is 5.56 Å². The number of hydrogen-bond acceptors (Lipinski definition) is 5. The first kappa shape index (κ1) is 20.1. The van der Waals surface area contributed by atoms with E-state index in [4.69, 9.17) is 9.47 Å². The second kappa shape index (κ2) is 8.69. The Kier molecular flexibility index (Phi) is 5.84. The molecule has 0 aliphatic carbocycles. The van der Waals surface area contributed by atoms with Crippen molar-refractivity contribution in [2.45, 2.75) is 26.3 Å². The Labute approximate surface area is 176 Å². The lowest BCUT2D eigenvalue weighted by molar-refractivity contribution is 0.356. The van der Waals surface area contributed by atoms with E-state index in [1.165, 1.54) is 18.5 Å². The number of rotatable bonds is 6. The lowest BCUT2D eigenvalue weighted by Crippen LogP contribution is -2.34. The summed E-state index contributed by atoms with van der Waals surface area (Å²) in [6.07, 6.45) is 2.57. The number of benzene rings is 2. The van der Waals surface area contributed by atoms with Crippen molar-refractivity contribution in [3.63, 3.8) is 0 Å². The van der Waals surface area contributed by atoms with Gasteiger partial charge in [0.1, 0.15) is 0 Å². The first-order valence-electron chi connectivity index (χ1n) is 10.4. The Hall–Kier alpha value is -3.15. The van der Waals surface area contributed by atoms with E-state index in [0.29, 0.717) is 23.6 Å². The molecule has 4 rings (SSSR count). The minimum atomic E-state index is -0.110. The number of methoxy groups -OCH3 is 2. The molecule has 3 aromatic rings. The highest BCUT2D eigenvalue weighted by atomic mass is 16.5. The number of aromatic nitrogens is 1. The molecular formula is C24H29N3O3. The number of anilines is 2. The van der Waals surface area contributed by atoms with Crippen LogP contribution >= 0.6 is 0 Å². The van der Waals surface area contributed by atoms with Gasteiger partial charge in [0.05, 0.1) is 19.7 Å². The standard InChI is InChI=1S/C24H29N3O3/c1-16-5-4-10-27(15-16)20-8-6-19(7-9-20)25-14-18-11-17-12-22(29-2)23(30-3)13-21(17)26-24(18)28/h6-9,11-13,16,25H,4-5,10,14-15H2,1-3H3,(H,26,28)/t16-/m1/s1. The molecule has 0 radical (unpaired) electrons. The van der Waals surface area contributed by atoms with Crippen molar-refractivity contribution in [3.8, 4) is 11.5 Å². The molecule has 0 amide bonds. The van der Waals surface area contributed by atoms with Gasteiger partial charge in [0, 0.05) is 48.0 Å². The van der Waals surface area contributed by atoms with Gasteiger partial charge in [-0.25, -0.2) is 0 Å². The predicted octanol–water partition coefficient (Wildman–Crippen LogP) is 4.39. The van der Waals surface area contributed by atoms with Gasteiger partial charge in [0.15, 0.2) is 11.5 Å². The number of fused-ring (bicyclic) bond motifs is 1. The summed E-state index contributed by atoms with van der Waals surface area (Å²) >= 11 is 0. The number of hydrogen-bond donors (Lipinski definition) is 2. The zero-order valence-corrected chi connectivity index (χ0v) is 17.8. The van der Waals surface area contributed by atoms with Crippen LogP contribution < -0.4 is 25.2 Å². The molecule has 158 valence electrons. The number of piperidine rings is 1. The first-order chi connectivity index (χ1) is 14.6. The number of ether oxygens (including phenoxy) is 2. The fraction of sp³-hybridized carbons (Fsp3) is 0.375. The van der Waals surface area contributed by atoms with Gasteiger partial charge in [-0.1, -0.05) is 6.92 Å². The molecule has 1 aromatic heterocycles. The molecular weight excluding hydrogens is 378 g/mol. The zero-order chi connectivity index (χ0) is 21.1. The third-order valence-corrected chi connectivity index (χ3v) is 5.80. The van der Waals surface area contributed by atoms with Crippen LogP contribution in [-0.4, -0.2) is 32.3 Å². The van der Waals surface area contributed by atoms with Gasteiger partial charge in [-0.05, 0) is 55.2 Å². The fourth-order valence-electron chi connectivity index (χ4n) is 4.12. The van der Waals surface area contributed by atoms with Gasteiger partial charge >= 0.3 is 0 Å². The number of H-pyrrole nitrogens is 1. The van der Waals surface area contributed by atoms with Crippen LogP contribution in [0.1, 0.15) is 25.3 Å². The Bertz CT molecular complexity index is 1080. The molecule has 1 aliphatic rings. The van der Waals surface area contributed by atoms with E-state index in [9.17, 15) is 4.79 Å². The predicted molar refractivity (Wildman–Crippen MR) is 122 cm³/mol. The molecule has 2 aromatic carbocycles. The third-order valence-electron chi connectivity index (χ3n) is 5.80. The van der Waals surface area contributed by atoms with Gasteiger partial charge in [-0.3, -0.25) is 4.79 Å². The zero-order valence-electron chi connectivity index (χ0n) is 17.8. The van der Waals surface area contributed by atoms with Gasteiger partial charge in [-0.15, -0.1) is 0 Å². The number of aromatic amines is 1. The van der Waals surface area contributed by atoms with Crippen molar-refractivity contribution in [3.05, 3.63) is 58.4 Å². The van der Waals surface area contributed by atoms with Crippen LogP contribution in [0.3, 0.4) is 0 Å². The van der Waals surface area contributed by atoms with Crippen molar-refractivity contribution in [2.24, 2.45) is 5.92 Å². The van der Waals surface area contributed by atoms with Gasteiger partial charge < -0.3 is 24.7 Å². The Morgan fingerprint density at radius 2 is 1.83 bits per heavy atom. The van der Waals surface area contributed by atoms with Crippen LogP contribution in [0.15, 0.2) is 47.3 Å². The van der Waals surface area contributed by atoms with Crippen LogP contribution in [0.4, 0.5) is 11.4 Å². The maximum Gasteiger partial charge on any atom is 0.253 e. The van der Waals surface area contributed by atoms with Crippen LogP contribution in [-0.2, 0) is 6.54 Å². The maximum atomic E-state index is 12.5. The third kappa shape index (κ3) is 4.22. The summed E-state index contributed by atoms with van der Waals surface area (Å²) in [6.45, 7) is 5.00. The van der Waals surface area contributed by atoms with Gasteiger partial charge in [-0.2, -0.15) is 0 Å². The number of pyridine rings is 1. The van der Waals surface area contributed by atoms with Crippen molar-refractivity contribution >= 4 is 22.3 Å². The topological polar surface area (TPSA) is 66.6 Å². The van der Waals surface area contributed by atoms with E-state index in [2.05, 4.69) is 46.4 Å². The summed E-state index contributed by atoms with van der Waals surface area (Å²) in [5.74, 6) is 1.98. The van der Waals surface area contributed by atoms with Crippen molar-refractivity contribution < 1.29 is 9.47 Å². The number of nitrogens with one attached hydrogen (secondary N) is 2. The molecule has 1 fully saturated rings. The molecule has 6 heteroatoms. The molecule has 2 N–H and O–H groups in total. The largest absolute Gasteiger partial charge is 0.493 e. The number of nitrogens with zero attached hydrogens (tertiary/aromatic N) is 1. The molecule has 1 saturated heterocycles. The normalized spacial score (nSPS) is 16.5. The fourth-order valence-corrected chi connectivity index (χ4v) is 4.12. The smallest absolute Gasteiger partial charge is 0.253 e. The quantitative estimate of drug-likeness (QED) is 0.634. The Balaban J connectivity index is 1.49. The maximum absolute atomic E-state index is 12.5. The Morgan fingerprint density at radius 3 is 2.53 bits per heavy atom. The monoisotopic (exact) mass is 407 g/mol. The molecule has 30 heavy (non-hydrogen) atoms. The average Bonchev–Trinajstić information content (AvgIpc) is 2.77. The minimum absolute atomic E-state index is 0.110. The van der Waals surface area contributed by atoms with E-state index in [1.807, 2.05) is 12.1 Å². The second-order valence-electron chi connectivity index (χ2n) is 8.01. The lowest BCUT2D eigenvalue weighted by Gasteiger charge is -2.32. The van der Waals surface area contributed by atoms with E-state index < -0.39 is 0 Å². The summed E-state index contributed by atoms with van der Waals surface area (Å²) in [7, 11) is 3.18. The van der Waals surface area contributed by atoms with Crippen LogP contribution in [0.5, 0.6) is 11.5 Å². The average molecular weight is 408 g/mol. The summed E-state index contributed by atoms with van der Waals surface area (Å²) in [5, 5.41) is 4.26. The van der Waals surface area contributed by atoms with Crippen molar-refractivity contribution in [1.29, 1.82) is 0 Å². The summed E-state index contributed by atoms with van der Waals surface area (Å²) < 4.78 is 10.7. The second-order valence-corrected chi connectivity index (χ2v) is 8.01. The highest BCUT2D eigenvalue weighted by Gasteiger charge is 2.16. The molecule has 1 atom stereocenters. The highest BCUT2D eigenvalue weighted by molar-refractivity contribution is 5.83. The molecule has 0 unspecified atom stereocenters. The SMILES string of the molecule is COc1cc2cc(CNc3ccc(N4CCC[C@@H](C)C4)cc3)c(=O)[nH]c2cc1OC. The van der Waals surface area contributed by atoms with Crippen LogP contribution in [0.2, 0.25) is 0 Å². The summed E-state index contributed by atoms with van der Waals surface area (Å²) in [6, 6.07) is 14.0. The van der Waals surface area contributed by atoms with Gasteiger partial charge in [0.2, 0.25) is 0 Å². The van der Waals surface area contributed by atoms with E-state index in [1.54, 1.807) is 20.3 Å². The van der Waals surface area contributed by atoms with E-state index in [0.717, 1.165) is 35.6 Å². The molecule has 0 spiro atoms. The van der Waals surface area contributed by atoms with Crippen molar-refractivity contribution in [2.75, 3.05) is 37.5 Å². The molecule has 6 nitrogen and oxygen atoms in total. The molecule has 1 aliphatic heterocycles. The first-order valence-corrected chi connectivity index (χ1v) is 10.4. The van der Waals surface area contributed by atoms with E-state index >= 15 is 0 Å². The lowest BCUT2D eigenvalue weighted by atomic mass is 10.00. The summed E-state index contributed by atoms with van der Waals surface area (Å²) in [4.78, 5) is 17.9. The molecule has 2 heterocycles. The molecule has 0 bridgehead atoms. The van der Waals surface area contributed by atoms with Crippen LogP contribution in [0.25, 0.3) is 10.9 Å². The summed E-state index contributed by atoms with van der Waals surface area (Å²) in [5.41, 5.74) is 3.54.